The van der Waals surface area contributed by atoms with Crippen LogP contribution in [0.5, 0.6) is 0 Å². The van der Waals surface area contributed by atoms with E-state index in [4.69, 9.17) is 10.5 Å². The molecule has 11 heavy (non-hydrogen) atoms. The molecule has 0 aliphatic carbocycles. The lowest BCUT2D eigenvalue weighted by atomic mass is 10.3. The van der Waals surface area contributed by atoms with E-state index in [-0.39, 0.29) is 5.97 Å². The van der Waals surface area contributed by atoms with Gasteiger partial charge in [-0.2, -0.15) is 0 Å². The van der Waals surface area contributed by atoms with Gasteiger partial charge < -0.3 is 10.5 Å². The normalized spacial score (nSPS) is 11.3. The lowest BCUT2D eigenvalue weighted by Crippen LogP contribution is -2.08. The van der Waals surface area contributed by atoms with E-state index >= 15 is 0 Å². The lowest BCUT2D eigenvalue weighted by molar-refractivity contribution is -0.139. The molecule has 0 saturated heterocycles. The highest BCUT2D eigenvalue weighted by Gasteiger charge is 2.02. The summed E-state index contributed by atoms with van der Waals surface area (Å²) in [7, 11) is 0. The van der Waals surface area contributed by atoms with Crippen LogP contribution in [0.3, 0.4) is 0 Å². The average molecular weight is 157 g/mol. The third-order valence-electron chi connectivity index (χ3n) is 1.30. The Bertz CT molecular complexity index is 152. The molecule has 0 unspecified atom stereocenters. The predicted octanol–water partition coefficient (Wildman–Crippen LogP) is 1.19. The Morgan fingerprint density at radius 3 is 2.73 bits per heavy atom. The number of rotatable bonds is 4. The quantitative estimate of drug-likeness (QED) is 0.379. The van der Waals surface area contributed by atoms with Gasteiger partial charge in [0.2, 0.25) is 0 Å². The van der Waals surface area contributed by atoms with Crippen molar-refractivity contribution in [2.45, 2.75) is 26.7 Å². The third kappa shape index (κ3) is 4.42. The number of carbonyl (C=O) groups excluding carboxylic acids is 1. The standard InChI is InChI=1S/C8H15NO2/c1-3-4-5-11-8(10)7(2)6-9/h6H,3-5,9H2,1-2H3. The topological polar surface area (TPSA) is 52.3 Å². The van der Waals surface area contributed by atoms with Crippen molar-refractivity contribution >= 4 is 5.97 Å². The average Bonchev–Trinajstić information content (AvgIpc) is 2.03. The molecule has 64 valence electrons. The molecule has 0 radical (unpaired) electrons. The second kappa shape index (κ2) is 5.77. The summed E-state index contributed by atoms with van der Waals surface area (Å²) in [6, 6.07) is 0. The molecule has 0 aromatic heterocycles. The molecule has 0 aromatic carbocycles. The minimum absolute atomic E-state index is 0.319. The maximum atomic E-state index is 10.9. The van der Waals surface area contributed by atoms with Crippen LogP contribution in [0.1, 0.15) is 26.7 Å². The number of unbranched alkanes of at least 4 members (excludes halogenated alkanes) is 1. The first-order valence-electron chi connectivity index (χ1n) is 3.78. The van der Waals surface area contributed by atoms with E-state index in [2.05, 4.69) is 0 Å². The molecular weight excluding hydrogens is 142 g/mol. The molecular formula is C8H15NO2. The van der Waals surface area contributed by atoms with Crippen molar-refractivity contribution in [2.75, 3.05) is 6.61 Å². The largest absolute Gasteiger partial charge is 0.462 e. The fraction of sp³-hybridized carbons (Fsp3) is 0.625. The second-order valence-corrected chi connectivity index (χ2v) is 2.34. The highest BCUT2D eigenvalue weighted by Crippen LogP contribution is 1.95. The number of carbonyl (C=O) groups is 1. The Kier molecular flexibility index (Phi) is 5.25. The fourth-order valence-corrected chi connectivity index (χ4v) is 0.491. The molecule has 0 atom stereocenters. The summed E-state index contributed by atoms with van der Waals surface area (Å²) in [5.41, 5.74) is 5.57. The Labute approximate surface area is 67.2 Å². The summed E-state index contributed by atoms with van der Waals surface area (Å²) in [4.78, 5) is 10.9. The Hall–Kier alpha value is -0.990. The molecule has 0 bridgehead atoms. The lowest BCUT2D eigenvalue weighted by Gasteiger charge is -2.01. The van der Waals surface area contributed by atoms with E-state index in [1.165, 1.54) is 6.20 Å². The molecule has 0 saturated carbocycles. The van der Waals surface area contributed by atoms with E-state index in [1.807, 2.05) is 6.92 Å². The molecule has 0 fully saturated rings. The highest BCUT2D eigenvalue weighted by atomic mass is 16.5. The molecule has 0 aliphatic heterocycles. The van der Waals surface area contributed by atoms with Crippen molar-refractivity contribution in [3.8, 4) is 0 Å². The summed E-state index contributed by atoms with van der Waals surface area (Å²) in [5.74, 6) is -0.319. The van der Waals surface area contributed by atoms with Crippen molar-refractivity contribution < 1.29 is 9.53 Å². The van der Waals surface area contributed by atoms with Crippen molar-refractivity contribution in [2.24, 2.45) is 5.73 Å². The Morgan fingerprint density at radius 1 is 1.64 bits per heavy atom. The van der Waals surface area contributed by atoms with Gasteiger partial charge in [0.15, 0.2) is 0 Å². The Morgan fingerprint density at radius 2 is 2.27 bits per heavy atom. The summed E-state index contributed by atoms with van der Waals surface area (Å²) >= 11 is 0. The van der Waals surface area contributed by atoms with Gasteiger partial charge in [0.05, 0.1) is 6.61 Å². The Balaban J connectivity index is 3.53. The zero-order valence-corrected chi connectivity index (χ0v) is 7.09. The van der Waals surface area contributed by atoms with Crippen LogP contribution in [0.4, 0.5) is 0 Å². The van der Waals surface area contributed by atoms with Gasteiger partial charge in [-0.1, -0.05) is 13.3 Å². The highest BCUT2D eigenvalue weighted by molar-refractivity contribution is 5.87. The van der Waals surface area contributed by atoms with Crippen molar-refractivity contribution in [3.05, 3.63) is 11.8 Å². The third-order valence-corrected chi connectivity index (χ3v) is 1.30. The first-order chi connectivity index (χ1) is 5.22. The number of hydrogen-bond acceptors (Lipinski definition) is 3. The maximum absolute atomic E-state index is 10.9. The van der Waals surface area contributed by atoms with Crippen LogP contribution in [0, 0.1) is 0 Å². The molecule has 0 aromatic rings. The van der Waals surface area contributed by atoms with E-state index in [0.717, 1.165) is 12.8 Å². The molecule has 3 nitrogen and oxygen atoms in total. The monoisotopic (exact) mass is 157 g/mol. The molecule has 2 N–H and O–H groups in total. The number of hydrogen-bond donors (Lipinski definition) is 1. The van der Waals surface area contributed by atoms with E-state index in [1.54, 1.807) is 6.92 Å². The van der Waals surface area contributed by atoms with E-state index in [0.29, 0.717) is 12.2 Å². The van der Waals surface area contributed by atoms with Crippen LogP contribution in [0.2, 0.25) is 0 Å². The molecule has 0 rings (SSSR count). The first-order valence-corrected chi connectivity index (χ1v) is 3.78. The van der Waals surface area contributed by atoms with Gasteiger partial charge in [0, 0.05) is 11.8 Å². The number of nitrogens with two attached hydrogens (primary N) is 1. The second-order valence-electron chi connectivity index (χ2n) is 2.34. The van der Waals surface area contributed by atoms with Crippen LogP contribution in [0.15, 0.2) is 11.8 Å². The first kappa shape index (κ1) is 10.0. The maximum Gasteiger partial charge on any atom is 0.335 e. The summed E-state index contributed by atoms with van der Waals surface area (Å²) < 4.78 is 4.85. The minimum Gasteiger partial charge on any atom is -0.462 e. The molecule has 0 spiro atoms. The van der Waals surface area contributed by atoms with Crippen molar-refractivity contribution in [1.29, 1.82) is 0 Å². The molecule has 0 aliphatic rings. The summed E-state index contributed by atoms with van der Waals surface area (Å²) in [6.07, 6.45) is 3.19. The zero-order valence-electron chi connectivity index (χ0n) is 7.09. The molecule has 3 heteroatoms. The van der Waals surface area contributed by atoms with Gasteiger partial charge in [-0.15, -0.1) is 0 Å². The van der Waals surface area contributed by atoms with Crippen LogP contribution in [0.25, 0.3) is 0 Å². The summed E-state index contributed by atoms with van der Waals surface area (Å²) in [5, 5.41) is 0. The van der Waals surface area contributed by atoms with Gasteiger partial charge in [-0.25, -0.2) is 4.79 Å². The summed E-state index contributed by atoms with van der Waals surface area (Å²) in [6.45, 7) is 4.16. The molecule has 0 heterocycles. The number of ether oxygens (including phenoxy) is 1. The minimum atomic E-state index is -0.319. The van der Waals surface area contributed by atoms with E-state index in [9.17, 15) is 4.79 Å². The van der Waals surface area contributed by atoms with Crippen molar-refractivity contribution in [1.82, 2.24) is 0 Å². The smallest absolute Gasteiger partial charge is 0.335 e. The fourth-order valence-electron chi connectivity index (χ4n) is 0.491. The van der Waals surface area contributed by atoms with Crippen LogP contribution >= 0.6 is 0 Å². The number of esters is 1. The van der Waals surface area contributed by atoms with Crippen molar-refractivity contribution in [3.63, 3.8) is 0 Å². The van der Waals surface area contributed by atoms with Gasteiger partial charge in [-0.3, -0.25) is 0 Å². The van der Waals surface area contributed by atoms with Gasteiger partial charge in [-0.05, 0) is 13.3 Å². The van der Waals surface area contributed by atoms with Crippen LogP contribution in [-0.2, 0) is 9.53 Å². The SMILES string of the molecule is CCCCOC(=O)C(C)=CN. The van der Waals surface area contributed by atoms with Crippen LogP contribution < -0.4 is 5.73 Å². The van der Waals surface area contributed by atoms with Gasteiger partial charge in [0.1, 0.15) is 0 Å². The van der Waals surface area contributed by atoms with Crippen LogP contribution in [-0.4, -0.2) is 12.6 Å². The van der Waals surface area contributed by atoms with E-state index < -0.39 is 0 Å². The zero-order chi connectivity index (χ0) is 8.69. The van der Waals surface area contributed by atoms with Gasteiger partial charge in [0.25, 0.3) is 0 Å². The van der Waals surface area contributed by atoms with Gasteiger partial charge >= 0.3 is 5.97 Å². The predicted molar refractivity (Wildman–Crippen MR) is 43.8 cm³/mol. The molecule has 0 amide bonds.